The molecule has 18 heavy (non-hydrogen) atoms. The van der Waals surface area contributed by atoms with Gasteiger partial charge in [0.1, 0.15) is 12.4 Å². The molecular weight excluding hydrogens is 238 g/mol. The molecule has 0 atom stereocenters. The van der Waals surface area contributed by atoms with Gasteiger partial charge < -0.3 is 14.8 Å². The minimum Gasteiger partial charge on any atom is -0.491 e. The second-order valence-electron chi connectivity index (χ2n) is 3.64. The monoisotopic (exact) mass is 249 g/mol. The van der Waals surface area contributed by atoms with Crippen LogP contribution in [-0.4, -0.2) is 37.9 Å². The van der Waals surface area contributed by atoms with Gasteiger partial charge in [0.05, 0.1) is 19.2 Å². The number of carbonyl (C=O) groups is 3. The van der Waals surface area contributed by atoms with Gasteiger partial charge in [0.15, 0.2) is 0 Å². The number of amides is 1. The van der Waals surface area contributed by atoms with Crippen LogP contribution in [0.4, 0.5) is 0 Å². The van der Waals surface area contributed by atoms with E-state index in [0.29, 0.717) is 18.9 Å². The maximum Gasteiger partial charge on any atom is 0.379 e. The first kappa shape index (κ1) is 12.1. The minimum atomic E-state index is -0.968. The second-order valence-corrected chi connectivity index (χ2v) is 3.64. The van der Waals surface area contributed by atoms with Gasteiger partial charge in [-0.3, -0.25) is 9.59 Å². The fourth-order valence-electron chi connectivity index (χ4n) is 1.61. The van der Waals surface area contributed by atoms with Gasteiger partial charge in [0.25, 0.3) is 11.7 Å². The lowest BCUT2D eigenvalue weighted by atomic mass is 10.1. The van der Waals surface area contributed by atoms with E-state index in [9.17, 15) is 14.4 Å². The molecule has 1 aromatic rings. The molecule has 1 heterocycles. The van der Waals surface area contributed by atoms with Crippen LogP contribution < -0.4 is 10.1 Å². The molecule has 0 aromatic heterocycles. The Kier molecular flexibility index (Phi) is 3.27. The molecule has 6 nitrogen and oxygen atoms in total. The molecule has 0 bridgehead atoms. The van der Waals surface area contributed by atoms with Crippen molar-refractivity contribution in [3.8, 4) is 5.75 Å². The van der Waals surface area contributed by atoms with E-state index >= 15 is 0 Å². The van der Waals surface area contributed by atoms with Crippen molar-refractivity contribution in [3.05, 3.63) is 29.3 Å². The lowest BCUT2D eigenvalue weighted by Crippen LogP contribution is -2.24. The zero-order chi connectivity index (χ0) is 13.1. The summed E-state index contributed by atoms with van der Waals surface area (Å²) in [5.74, 6) is -1.70. The number of ketones is 1. The third-order valence-electron chi connectivity index (χ3n) is 2.50. The number of Topliss-reactive ketones (excluding diaryl/α,β-unsaturated/α-hetero) is 1. The molecule has 0 spiro atoms. The van der Waals surface area contributed by atoms with Gasteiger partial charge in [-0.15, -0.1) is 0 Å². The zero-order valence-corrected chi connectivity index (χ0v) is 9.69. The topological polar surface area (TPSA) is 81.7 Å². The lowest BCUT2D eigenvalue weighted by molar-refractivity contribution is -0.135. The number of ether oxygens (including phenoxy) is 2. The molecule has 1 amide bonds. The fraction of sp³-hybridized carbons (Fsp3) is 0.250. The standard InChI is InChI=1S/C12H11NO5/c1-17-12(16)10(14)7-2-3-9-8(6-7)11(15)13-4-5-18-9/h2-3,6H,4-5H2,1H3,(H,13,15). The van der Waals surface area contributed by atoms with E-state index in [1.807, 2.05) is 0 Å². The van der Waals surface area contributed by atoms with Gasteiger partial charge in [-0.05, 0) is 18.2 Å². The highest BCUT2D eigenvalue weighted by Gasteiger charge is 2.22. The fourth-order valence-corrected chi connectivity index (χ4v) is 1.61. The van der Waals surface area contributed by atoms with Crippen molar-refractivity contribution in [1.82, 2.24) is 5.32 Å². The van der Waals surface area contributed by atoms with E-state index in [0.717, 1.165) is 7.11 Å². The highest BCUT2D eigenvalue weighted by Crippen LogP contribution is 2.22. The Balaban J connectivity index is 2.39. The van der Waals surface area contributed by atoms with Gasteiger partial charge in [0.2, 0.25) is 0 Å². The maximum absolute atomic E-state index is 11.7. The van der Waals surface area contributed by atoms with Gasteiger partial charge in [0, 0.05) is 5.56 Å². The molecule has 0 radical (unpaired) electrons. The molecule has 0 fully saturated rings. The van der Waals surface area contributed by atoms with E-state index in [1.54, 1.807) is 0 Å². The van der Waals surface area contributed by atoms with Gasteiger partial charge in [-0.2, -0.15) is 0 Å². The Bertz CT molecular complexity index is 523. The molecular formula is C12H11NO5. The van der Waals surface area contributed by atoms with Crippen LogP contribution in [0.1, 0.15) is 20.7 Å². The van der Waals surface area contributed by atoms with Crippen molar-refractivity contribution < 1.29 is 23.9 Å². The van der Waals surface area contributed by atoms with E-state index in [-0.39, 0.29) is 17.0 Å². The highest BCUT2D eigenvalue weighted by molar-refractivity contribution is 6.40. The molecule has 1 aromatic carbocycles. The second kappa shape index (κ2) is 4.87. The molecule has 0 saturated heterocycles. The Morgan fingerprint density at radius 3 is 2.89 bits per heavy atom. The molecule has 0 unspecified atom stereocenters. The molecule has 6 heteroatoms. The Morgan fingerprint density at radius 2 is 2.17 bits per heavy atom. The number of rotatable bonds is 2. The summed E-state index contributed by atoms with van der Waals surface area (Å²) in [5.41, 5.74) is 0.337. The zero-order valence-electron chi connectivity index (χ0n) is 9.69. The average molecular weight is 249 g/mol. The molecule has 1 N–H and O–H groups in total. The summed E-state index contributed by atoms with van der Waals surface area (Å²) in [6.45, 7) is 0.761. The molecule has 94 valence electrons. The number of hydrogen-bond acceptors (Lipinski definition) is 5. The first-order chi connectivity index (χ1) is 8.63. The Labute approximate surface area is 103 Å². The van der Waals surface area contributed by atoms with E-state index < -0.39 is 11.8 Å². The van der Waals surface area contributed by atoms with Gasteiger partial charge in [-0.25, -0.2) is 4.79 Å². The summed E-state index contributed by atoms with van der Waals surface area (Å²) in [7, 11) is 1.12. The van der Waals surface area contributed by atoms with Crippen molar-refractivity contribution in [2.24, 2.45) is 0 Å². The number of esters is 1. The predicted octanol–water partition coefficient (Wildman–Crippen LogP) is 0.164. The Morgan fingerprint density at radius 1 is 1.39 bits per heavy atom. The van der Waals surface area contributed by atoms with E-state index in [2.05, 4.69) is 10.1 Å². The van der Waals surface area contributed by atoms with E-state index in [1.165, 1.54) is 18.2 Å². The molecule has 2 rings (SSSR count). The first-order valence-electron chi connectivity index (χ1n) is 5.31. The molecule has 1 aliphatic heterocycles. The average Bonchev–Trinajstić information content (AvgIpc) is 2.59. The maximum atomic E-state index is 11.7. The summed E-state index contributed by atoms with van der Waals surface area (Å²) < 4.78 is 9.67. The summed E-state index contributed by atoms with van der Waals surface area (Å²) in [4.78, 5) is 34.4. The number of carbonyl (C=O) groups excluding carboxylic acids is 3. The van der Waals surface area contributed by atoms with Gasteiger partial charge >= 0.3 is 5.97 Å². The van der Waals surface area contributed by atoms with Crippen LogP contribution in [0.5, 0.6) is 5.75 Å². The highest BCUT2D eigenvalue weighted by atomic mass is 16.5. The quantitative estimate of drug-likeness (QED) is 0.459. The Hall–Kier alpha value is -2.37. The van der Waals surface area contributed by atoms with Crippen LogP contribution in [0.15, 0.2) is 18.2 Å². The first-order valence-corrected chi connectivity index (χ1v) is 5.31. The summed E-state index contributed by atoms with van der Waals surface area (Å²) in [6, 6.07) is 4.25. The normalized spacial score (nSPS) is 13.7. The summed E-state index contributed by atoms with van der Waals surface area (Å²) in [6.07, 6.45) is 0. The minimum absolute atomic E-state index is 0.0984. The molecule has 1 aliphatic rings. The van der Waals surface area contributed by atoms with Crippen LogP contribution in [0.2, 0.25) is 0 Å². The smallest absolute Gasteiger partial charge is 0.379 e. The number of methoxy groups -OCH3 is 1. The summed E-state index contributed by atoms with van der Waals surface area (Å²) >= 11 is 0. The predicted molar refractivity (Wildman–Crippen MR) is 60.6 cm³/mol. The van der Waals surface area contributed by atoms with E-state index in [4.69, 9.17) is 4.74 Å². The molecule has 0 aliphatic carbocycles. The third-order valence-corrected chi connectivity index (χ3v) is 2.50. The largest absolute Gasteiger partial charge is 0.491 e. The summed E-state index contributed by atoms with van der Waals surface area (Å²) in [5, 5.41) is 2.62. The van der Waals surface area contributed by atoms with Crippen molar-refractivity contribution in [2.45, 2.75) is 0 Å². The number of nitrogens with one attached hydrogen (secondary N) is 1. The number of fused-ring (bicyclic) bond motifs is 1. The molecule has 0 saturated carbocycles. The van der Waals surface area contributed by atoms with Crippen LogP contribution in [0.3, 0.4) is 0 Å². The van der Waals surface area contributed by atoms with Crippen molar-refractivity contribution in [2.75, 3.05) is 20.3 Å². The van der Waals surface area contributed by atoms with Gasteiger partial charge in [-0.1, -0.05) is 0 Å². The SMILES string of the molecule is COC(=O)C(=O)c1ccc2c(c1)C(=O)NCCO2. The van der Waals surface area contributed by atoms with Crippen LogP contribution in [-0.2, 0) is 9.53 Å². The third kappa shape index (κ3) is 2.17. The van der Waals surface area contributed by atoms with Crippen molar-refractivity contribution >= 4 is 17.7 Å². The van der Waals surface area contributed by atoms with Crippen molar-refractivity contribution in [3.63, 3.8) is 0 Å². The number of benzene rings is 1. The van der Waals surface area contributed by atoms with Crippen molar-refractivity contribution in [1.29, 1.82) is 0 Å². The van der Waals surface area contributed by atoms with Crippen LogP contribution in [0.25, 0.3) is 0 Å². The van der Waals surface area contributed by atoms with Crippen LogP contribution >= 0.6 is 0 Å². The lowest BCUT2D eigenvalue weighted by Gasteiger charge is -2.06. The number of hydrogen-bond donors (Lipinski definition) is 1. The van der Waals surface area contributed by atoms with Crippen LogP contribution in [0, 0.1) is 0 Å².